The van der Waals surface area contributed by atoms with Gasteiger partial charge in [-0.1, -0.05) is 23.9 Å². The minimum atomic E-state index is -4.45. The number of hydrogen-bond acceptors (Lipinski definition) is 5. The summed E-state index contributed by atoms with van der Waals surface area (Å²) in [5.74, 6) is 0.270. The molecule has 0 bridgehead atoms. The van der Waals surface area contributed by atoms with Crippen molar-refractivity contribution in [2.75, 3.05) is 13.2 Å². The summed E-state index contributed by atoms with van der Waals surface area (Å²) in [7, 11) is 0. The molecule has 0 unspecified atom stereocenters. The van der Waals surface area contributed by atoms with Gasteiger partial charge in [0.1, 0.15) is 12.4 Å². The number of thioether (sulfide) groups is 1. The molecule has 0 fully saturated rings. The molecule has 2 aromatic rings. The van der Waals surface area contributed by atoms with Crippen LogP contribution in [0.5, 0.6) is 5.75 Å². The summed E-state index contributed by atoms with van der Waals surface area (Å²) in [5, 5.41) is 2.84. The van der Waals surface area contributed by atoms with Crippen LogP contribution in [0.4, 0.5) is 13.2 Å². The number of carbonyl (C=O) groups excluding carboxylic acids is 1. The summed E-state index contributed by atoms with van der Waals surface area (Å²) < 4.78 is 49.8. The standard InChI is InChI=1S/C20H21F3O3S2/c1-5-25-19(24)8-14-11-27-17-9-15(6-7-16(14)17)26-10-18(12(2)3)28-13(4)20(21,22)23/h6-7,9,11H,4-5,8,10H2,1-3H3. The second-order valence-electron chi connectivity index (χ2n) is 6.14. The Labute approximate surface area is 170 Å². The van der Waals surface area contributed by atoms with Crippen LogP contribution in [0.3, 0.4) is 0 Å². The molecule has 0 aliphatic rings. The van der Waals surface area contributed by atoms with Crippen LogP contribution in [0.25, 0.3) is 10.1 Å². The number of fused-ring (bicyclic) bond motifs is 1. The van der Waals surface area contributed by atoms with Gasteiger partial charge in [-0.05, 0) is 55.3 Å². The maximum Gasteiger partial charge on any atom is 0.422 e. The number of alkyl halides is 3. The Kier molecular flexibility index (Phi) is 7.60. The SMILES string of the molecule is C=C(SC(COc1ccc2c(CC(=O)OCC)csc2c1)=C(C)C)C(F)(F)F. The zero-order valence-electron chi connectivity index (χ0n) is 15.8. The molecular formula is C20H21F3O3S2. The summed E-state index contributed by atoms with van der Waals surface area (Å²) in [5.41, 5.74) is 1.62. The molecule has 0 aliphatic carbocycles. The van der Waals surface area contributed by atoms with Gasteiger partial charge < -0.3 is 9.47 Å². The highest BCUT2D eigenvalue weighted by atomic mass is 32.2. The van der Waals surface area contributed by atoms with Crippen molar-refractivity contribution in [2.45, 2.75) is 33.4 Å². The lowest BCUT2D eigenvalue weighted by Gasteiger charge is -2.15. The maximum absolute atomic E-state index is 12.7. The van der Waals surface area contributed by atoms with E-state index in [4.69, 9.17) is 9.47 Å². The highest BCUT2D eigenvalue weighted by Crippen LogP contribution is 2.38. The third-order valence-corrected chi connectivity index (χ3v) is 6.00. The molecule has 0 saturated heterocycles. The molecule has 1 heterocycles. The third kappa shape index (κ3) is 6.04. The minimum Gasteiger partial charge on any atom is -0.488 e. The highest BCUT2D eigenvalue weighted by molar-refractivity contribution is 8.06. The lowest BCUT2D eigenvalue weighted by molar-refractivity contribution is -0.142. The van der Waals surface area contributed by atoms with Gasteiger partial charge in [0.15, 0.2) is 0 Å². The van der Waals surface area contributed by atoms with Gasteiger partial charge >= 0.3 is 12.1 Å². The van der Waals surface area contributed by atoms with E-state index in [1.54, 1.807) is 26.8 Å². The quantitative estimate of drug-likeness (QED) is 0.449. The van der Waals surface area contributed by atoms with E-state index in [-0.39, 0.29) is 19.0 Å². The van der Waals surface area contributed by atoms with E-state index in [1.807, 2.05) is 17.5 Å². The topological polar surface area (TPSA) is 35.5 Å². The first-order chi connectivity index (χ1) is 13.1. The smallest absolute Gasteiger partial charge is 0.422 e. The van der Waals surface area contributed by atoms with E-state index in [2.05, 4.69) is 6.58 Å². The molecule has 1 aromatic heterocycles. The Bertz CT molecular complexity index is 894. The first-order valence-corrected chi connectivity index (χ1v) is 10.2. The number of rotatable bonds is 8. The number of thiophene rings is 1. The zero-order chi connectivity index (χ0) is 20.9. The number of ether oxygens (including phenoxy) is 2. The fraction of sp³-hybridized carbons (Fsp3) is 0.350. The average molecular weight is 431 g/mol. The van der Waals surface area contributed by atoms with Crippen molar-refractivity contribution < 1.29 is 27.4 Å². The highest BCUT2D eigenvalue weighted by Gasteiger charge is 2.33. The number of esters is 1. The molecule has 0 aliphatic heterocycles. The fourth-order valence-electron chi connectivity index (χ4n) is 2.29. The van der Waals surface area contributed by atoms with Crippen molar-refractivity contribution in [1.82, 2.24) is 0 Å². The molecule has 152 valence electrons. The molecule has 1 aromatic carbocycles. The van der Waals surface area contributed by atoms with Crippen LogP contribution in [0.15, 0.2) is 45.5 Å². The van der Waals surface area contributed by atoms with Gasteiger partial charge in [0.05, 0.1) is 17.9 Å². The van der Waals surface area contributed by atoms with Crippen molar-refractivity contribution in [2.24, 2.45) is 0 Å². The molecule has 2 rings (SSSR count). The van der Waals surface area contributed by atoms with Crippen molar-refractivity contribution in [1.29, 1.82) is 0 Å². The molecule has 3 nitrogen and oxygen atoms in total. The zero-order valence-corrected chi connectivity index (χ0v) is 17.4. The second kappa shape index (κ2) is 9.52. The molecule has 8 heteroatoms. The Morgan fingerprint density at radius 3 is 2.61 bits per heavy atom. The Morgan fingerprint density at radius 1 is 1.29 bits per heavy atom. The van der Waals surface area contributed by atoms with E-state index in [0.29, 0.717) is 29.0 Å². The van der Waals surface area contributed by atoms with Crippen LogP contribution >= 0.6 is 23.1 Å². The number of allylic oxidation sites excluding steroid dienone is 2. The van der Waals surface area contributed by atoms with E-state index in [9.17, 15) is 18.0 Å². The molecule has 28 heavy (non-hydrogen) atoms. The van der Waals surface area contributed by atoms with Crippen LogP contribution < -0.4 is 4.74 Å². The third-order valence-electron chi connectivity index (χ3n) is 3.76. The minimum absolute atomic E-state index is 0.0225. The molecule has 0 atom stereocenters. The monoisotopic (exact) mass is 430 g/mol. The normalized spacial score (nSPS) is 11.4. The van der Waals surface area contributed by atoms with E-state index >= 15 is 0 Å². The summed E-state index contributed by atoms with van der Waals surface area (Å²) in [6.45, 7) is 8.69. The van der Waals surface area contributed by atoms with Gasteiger partial charge in [-0.3, -0.25) is 4.79 Å². The van der Waals surface area contributed by atoms with Gasteiger partial charge in [-0.15, -0.1) is 11.3 Å². The first kappa shape index (κ1) is 22.4. The first-order valence-electron chi connectivity index (χ1n) is 8.50. The predicted octanol–water partition coefficient (Wildman–Crippen LogP) is 6.49. The lowest BCUT2D eigenvalue weighted by Crippen LogP contribution is -2.10. The van der Waals surface area contributed by atoms with Crippen LogP contribution in [-0.2, 0) is 16.0 Å². The largest absolute Gasteiger partial charge is 0.488 e. The molecule has 0 amide bonds. The van der Waals surface area contributed by atoms with Gasteiger partial charge in [-0.25, -0.2) is 0 Å². The Balaban J connectivity index is 2.09. The van der Waals surface area contributed by atoms with Crippen LogP contribution in [0.2, 0.25) is 0 Å². The molecule has 0 N–H and O–H groups in total. The Hall–Kier alpha value is -1.93. The number of benzene rings is 1. The molecule has 0 radical (unpaired) electrons. The predicted molar refractivity (Wildman–Crippen MR) is 109 cm³/mol. The van der Waals surface area contributed by atoms with Gasteiger partial charge in [0.2, 0.25) is 0 Å². The van der Waals surface area contributed by atoms with Crippen molar-refractivity contribution in [3.63, 3.8) is 0 Å². The van der Waals surface area contributed by atoms with Gasteiger partial charge in [0, 0.05) is 9.61 Å². The number of halogens is 3. The summed E-state index contributed by atoms with van der Waals surface area (Å²) in [4.78, 5) is 11.3. The summed E-state index contributed by atoms with van der Waals surface area (Å²) in [6, 6.07) is 5.41. The molecule has 0 spiro atoms. The lowest BCUT2D eigenvalue weighted by atomic mass is 10.1. The molecule has 0 saturated carbocycles. The van der Waals surface area contributed by atoms with E-state index in [1.165, 1.54) is 11.3 Å². The number of hydrogen-bond donors (Lipinski definition) is 0. The van der Waals surface area contributed by atoms with E-state index < -0.39 is 11.1 Å². The van der Waals surface area contributed by atoms with Crippen molar-refractivity contribution >= 4 is 39.2 Å². The molecular weight excluding hydrogens is 409 g/mol. The average Bonchev–Trinajstić information content (AvgIpc) is 2.99. The van der Waals surface area contributed by atoms with Crippen LogP contribution in [0.1, 0.15) is 26.3 Å². The summed E-state index contributed by atoms with van der Waals surface area (Å²) in [6.07, 6.45) is -4.25. The van der Waals surface area contributed by atoms with Crippen LogP contribution in [0, 0.1) is 0 Å². The maximum atomic E-state index is 12.7. The second-order valence-corrected chi connectivity index (χ2v) is 8.24. The van der Waals surface area contributed by atoms with Crippen molar-refractivity contribution in [3.8, 4) is 5.75 Å². The summed E-state index contributed by atoms with van der Waals surface area (Å²) >= 11 is 2.06. The van der Waals surface area contributed by atoms with Crippen LogP contribution in [-0.4, -0.2) is 25.4 Å². The van der Waals surface area contributed by atoms with Gasteiger partial charge in [-0.2, -0.15) is 13.2 Å². The van der Waals surface area contributed by atoms with Gasteiger partial charge in [0.25, 0.3) is 0 Å². The van der Waals surface area contributed by atoms with E-state index in [0.717, 1.165) is 21.2 Å². The fourth-order valence-corrected chi connectivity index (χ4v) is 4.01. The van der Waals surface area contributed by atoms with Crippen molar-refractivity contribution in [3.05, 3.63) is 51.1 Å². The number of carbonyl (C=O) groups is 1. The Morgan fingerprint density at radius 2 is 2.00 bits per heavy atom.